The van der Waals surface area contributed by atoms with Crippen molar-refractivity contribution in [1.82, 2.24) is 35.5 Å². The number of carbonyl (C=O) groups excluding carboxylic acids is 1. The molecule has 2 aromatic heterocycles. The highest BCUT2D eigenvalue weighted by Gasteiger charge is 2.17. The van der Waals surface area contributed by atoms with E-state index in [1.54, 1.807) is 26.1 Å². The number of amides is 1. The molecule has 0 saturated heterocycles. The van der Waals surface area contributed by atoms with Gasteiger partial charge in [0, 0.05) is 7.05 Å². The summed E-state index contributed by atoms with van der Waals surface area (Å²) in [4.78, 5) is 20.4. The Kier molecular flexibility index (Phi) is 4.41. The smallest absolute Gasteiger partial charge is 0.272 e. The molecule has 0 saturated carbocycles. The van der Waals surface area contributed by atoms with Crippen LogP contribution in [0.5, 0.6) is 11.6 Å². The molecule has 1 atom stereocenters. The van der Waals surface area contributed by atoms with Gasteiger partial charge in [-0.3, -0.25) is 4.79 Å². The molecule has 0 aliphatic rings. The lowest BCUT2D eigenvalue weighted by Crippen LogP contribution is -2.29. The number of carbonyl (C=O) groups is 1. The maximum absolute atomic E-state index is 12.2. The molecule has 0 bridgehead atoms. The van der Waals surface area contributed by atoms with Crippen LogP contribution in [0.15, 0.2) is 42.7 Å². The highest BCUT2D eigenvalue weighted by molar-refractivity contribution is 5.92. The van der Waals surface area contributed by atoms with Crippen molar-refractivity contribution in [2.24, 2.45) is 7.05 Å². The topological polar surface area (TPSA) is 108 Å². The van der Waals surface area contributed by atoms with Crippen LogP contribution in [0.4, 0.5) is 0 Å². The van der Waals surface area contributed by atoms with Crippen molar-refractivity contribution in [3.05, 3.63) is 54.2 Å². The minimum Gasteiger partial charge on any atom is -0.438 e. The van der Waals surface area contributed by atoms with Gasteiger partial charge in [-0.15, -0.1) is 5.10 Å². The molecule has 0 fully saturated rings. The lowest BCUT2D eigenvalue weighted by molar-refractivity contribution is 0.0932. The number of tetrazole rings is 1. The fourth-order valence-electron chi connectivity index (χ4n) is 2.03. The zero-order valence-corrected chi connectivity index (χ0v) is 13.1. The first kappa shape index (κ1) is 15.5. The van der Waals surface area contributed by atoms with E-state index in [1.165, 1.54) is 17.1 Å². The number of aromatic nitrogens is 6. The number of nitrogens with one attached hydrogen (secondary N) is 1. The number of ether oxygens (including phenoxy) is 1. The minimum atomic E-state index is -0.371. The van der Waals surface area contributed by atoms with Crippen LogP contribution < -0.4 is 10.1 Å². The third-order valence-corrected chi connectivity index (χ3v) is 3.21. The van der Waals surface area contributed by atoms with E-state index in [2.05, 4.69) is 30.8 Å². The Bertz CT molecular complexity index is 817. The Morgan fingerprint density at radius 2 is 2.00 bits per heavy atom. The highest BCUT2D eigenvalue weighted by Crippen LogP contribution is 2.17. The van der Waals surface area contributed by atoms with Gasteiger partial charge in [-0.1, -0.05) is 18.2 Å². The predicted molar refractivity (Wildman–Crippen MR) is 83.2 cm³/mol. The molecule has 1 N–H and O–H groups in total. The fourth-order valence-corrected chi connectivity index (χ4v) is 2.03. The number of aryl methyl sites for hydroxylation is 1. The third kappa shape index (κ3) is 3.51. The van der Waals surface area contributed by atoms with Crippen LogP contribution in [0, 0.1) is 0 Å². The van der Waals surface area contributed by atoms with E-state index in [1.807, 2.05) is 18.2 Å². The molecule has 0 spiro atoms. The van der Waals surface area contributed by atoms with Gasteiger partial charge < -0.3 is 10.1 Å². The lowest BCUT2D eigenvalue weighted by Gasteiger charge is -2.11. The zero-order chi connectivity index (χ0) is 16.9. The summed E-state index contributed by atoms with van der Waals surface area (Å²) in [5.41, 5.74) is 0.178. The van der Waals surface area contributed by atoms with Gasteiger partial charge >= 0.3 is 0 Å². The van der Waals surface area contributed by atoms with E-state index in [4.69, 9.17) is 4.74 Å². The van der Waals surface area contributed by atoms with Crippen molar-refractivity contribution in [2.75, 3.05) is 0 Å². The Labute approximate surface area is 137 Å². The summed E-state index contributed by atoms with van der Waals surface area (Å²) in [5.74, 6) is 1.13. The second kappa shape index (κ2) is 6.82. The molecule has 9 heteroatoms. The summed E-state index contributed by atoms with van der Waals surface area (Å²) in [7, 11) is 1.70. The number of hydrogen-bond acceptors (Lipinski definition) is 7. The Morgan fingerprint density at radius 3 is 2.62 bits per heavy atom. The van der Waals surface area contributed by atoms with Gasteiger partial charge in [-0.05, 0) is 29.5 Å². The van der Waals surface area contributed by atoms with Gasteiger partial charge in [-0.25, -0.2) is 14.6 Å². The molecular weight excluding hydrogens is 310 g/mol. The fraction of sp³-hybridized carbons (Fsp3) is 0.200. The number of benzene rings is 1. The second-order valence-corrected chi connectivity index (χ2v) is 5.01. The number of nitrogens with zero attached hydrogens (tertiary/aromatic N) is 6. The van der Waals surface area contributed by atoms with Crippen molar-refractivity contribution < 1.29 is 9.53 Å². The molecule has 24 heavy (non-hydrogen) atoms. The lowest BCUT2D eigenvalue weighted by atomic mass is 10.3. The normalized spacial score (nSPS) is 11.8. The molecule has 9 nitrogen and oxygen atoms in total. The van der Waals surface area contributed by atoms with Crippen molar-refractivity contribution in [2.45, 2.75) is 13.0 Å². The van der Waals surface area contributed by atoms with Crippen LogP contribution in [-0.2, 0) is 7.05 Å². The van der Waals surface area contributed by atoms with Crippen LogP contribution in [0.1, 0.15) is 29.3 Å². The van der Waals surface area contributed by atoms with Gasteiger partial charge in [0.1, 0.15) is 11.4 Å². The van der Waals surface area contributed by atoms with Crippen molar-refractivity contribution in [1.29, 1.82) is 0 Å². The number of hydrogen-bond donors (Lipinski definition) is 1. The van der Waals surface area contributed by atoms with Crippen LogP contribution in [0.25, 0.3) is 0 Å². The quantitative estimate of drug-likeness (QED) is 0.753. The minimum absolute atomic E-state index is 0.178. The van der Waals surface area contributed by atoms with E-state index in [0.29, 0.717) is 17.5 Å². The van der Waals surface area contributed by atoms with Gasteiger partial charge in [0.15, 0.2) is 5.82 Å². The van der Waals surface area contributed by atoms with Crippen LogP contribution in [0.3, 0.4) is 0 Å². The molecule has 0 radical (unpaired) electrons. The summed E-state index contributed by atoms with van der Waals surface area (Å²) in [5, 5.41) is 13.9. The largest absolute Gasteiger partial charge is 0.438 e. The first-order valence-electron chi connectivity index (χ1n) is 7.21. The Morgan fingerprint density at radius 1 is 1.21 bits per heavy atom. The Hall–Kier alpha value is -3.36. The number of para-hydroxylation sites is 1. The van der Waals surface area contributed by atoms with Crippen LogP contribution in [-0.4, -0.2) is 36.1 Å². The molecule has 0 unspecified atom stereocenters. The maximum Gasteiger partial charge on any atom is 0.272 e. The first-order valence-corrected chi connectivity index (χ1v) is 7.21. The van der Waals surface area contributed by atoms with Crippen LogP contribution in [0.2, 0.25) is 0 Å². The van der Waals surface area contributed by atoms with E-state index >= 15 is 0 Å². The highest BCUT2D eigenvalue weighted by atomic mass is 16.5. The van der Waals surface area contributed by atoms with Gasteiger partial charge in [0.25, 0.3) is 5.91 Å². The van der Waals surface area contributed by atoms with Gasteiger partial charge in [0.2, 0.25) is 5.88 Å². The SMILES string of the molecule is C[C@@H](NC(=O)c1cnc(Oc2ccccc2)cn1)c1nnnn1C. The van der Waals surface area contributed by atoms with Crippen molar-refractivity contribution in [3.63, 3.8) is 0 Å². The number of rotatable bonds is 5. The first-order chi connectivity index (χ1) is 11.6. The molecule has 2 heterocycles. The van der Waals surface area contributed by atoms with Crippen molar-refractivity contribution >= 4 is 5.91 Å². The standard InChI is InChI=1S/C15H15N7O2/c1-10(14-19-20-21-22(14)2)18-15(23)12-8-17-13(9-16-12)24-11-6-4-3-5-7-11/h3-10H,1-2H3,(H,18,23)/t10-/m1/s1. The summed E-state index contributed by atoms with van der Waals surface area (Å²) in [6.07, 6.45) is 2.76. The van der Waals surface area contributed by atoms with E-state index in [-0.39, 0.29) is 17.6 Å². The van der Waals surface area contributed by atoms with Crippen molar-refractivity contribution in [3.8, 4) is 11.6 Å². The average molecular weight is 325 g/mol. The maximum atomic E-state index is 12.2. The monoisotopic (exact) mass is 325 g/mol. The Balaban J connectivity index is 1.64. The molecule has 3 rings (SSSR count). The van der Waals surface area contributed by atoms with E-state index < -0.39 is 0 Å². The second-order valence-electron chi connectivity index (χ2n) is 5.01. The van der Waals surface area contributed by atoms with Gasteiger partial charge in [0.05, 0.1) is 18.4 Å². The van der Waals surface area contributed by atoms with Gasteiger partial charge in [-0.2, -0.15) is 0 Å². The predicted octanol–water partition coefficient (Wildman–Crippen LogP) is 1.28. The molecule has 122 valence electrons. The van der Waals surface area contributed by atoms with Crippen LogP contribution >= 0.6 is 0 Å². The zero-order valence-electron chi connectivity index (χ0n) is 13.1. The molecule has 3 aromatic rings. The van der Waals surface area contributed by atoms with E-state index in [0.717, 1.165) is 0 Å². The molecule has 0 aliphatic carbocycles. The summed E-state index contributed by atoms with van der Waals surface area (Å²) in [6.45, 7) is 1.78. The van der Waals surface area contributed by atoms with E-state index in [9.17, 15) is 4.79 Å². The summed E-state index contributed by atoms with van der Waals surface area (Å²) >= 11 is 0. The molecule has 1 aromatic carbocycles. The summed E-state index contributed by atoms with van der Waals surface area (Å²) in [6, 6.07) is 8.85. The molecule has 0 aliphatic heterocycles. The average Bonchev–Trinajstić information content (AvgIpc) is 3.02. The molecule has 1 amide bonds. The third-order valence-electron chi connectivity index (χ3n) is 3.21. The molecular formula is C15H15N7O2. The summed E-state index contributed by atoms with van der Waals surface area (Å²) < 4.78 is 7.03.